The Morgan fingerprint density at radius 2 is 1.83 bits per heavy atom. The smallest absolute Gasteiger partial charge is 0.251 e. The second-order valence-corrected chi connectivity index (χ2v) is 6.31. The van der Waals surface area contributed by atoms with Crippen molar-refractivity contribution in [3.8, 4) is 0 Å². The molecule has 23 heavy (non-hydrogen) atoms. The summed E-state index contributed by atoms with van der Waals surface area (Å²) >= 11 is 0. The zero-order chi connectivity index (χ0) is 16.1. The highest BCUT2D eigenvalue weighted by molar-refractivity contribution is 5.97. The van der Waals surface area contributed by atoms with Crippen molar-refractivity contribution in [2.45, 2.75) is 38.8 Å². The molecule has 0 aliphatic heterocycles. The number of hydrogen-bond acceptors (Lipinski definition) is 3. The second-order valence-electron chi connectivity index (χ2n) is 6.31. The lowest BCUT2D eigenvalue weighted by atomic mass is 10.0. The van der Waals surface area contributed by atoms with Crippen LogP contribution in [0.1, 0.15) is 37.0 Å². The average molecular weight is 340 g/mol. The van der Waals surface area contributed by atoms with E-state index in [9.17, 15) is 9.59 Å². The van der Waals surface area contributed by atoms with E-state index in [0.717, 1.165) is 12.8 Å². The van der Waals surface area contributed by atoms with Gasteiger partial charge < -0.3 is 16.4 Å². The third kappa shape index (κ3) is 5.84. The van der Waals surface area contributed by atoms with E-state index in [1.807, 2.05) is 19.9 Å². The molecule has 0 radical (unpaired) electrons. The fourth-order valence-corrected chi connectivity index (χ4v) is 2.37. The van der Waals surface area contributed by atoms with Gasteiger partial charge in [-0.05, 0) is 36.8 Å². The number of amides is 2. The van der Waals surface area contributed by atoms with E-state index in [-0.39, 0.29) is 36.2 Å². The highest BCUT2D eigenvalue weighted by Gasteiger charge is 2.30. The predicted octanol–water partition coefficient (Wildman–Crippen LogP) is 1.72. The van der Waals surface area contributed by atoms with Crippen molar-refractivity contribution in [3.63, 3.8) is 0 Å². The Morgan fingerprint density at radius 1 is 1.22 bits per heavy atom. The van der Waals surface area contributed by atoms with E-state index in [2.05, 4.69) is 10.6 Å². The molecule has 0 bridgehead atoms. The number of hydrogen-bond donors (Lipinski definition) is 3. The van der Waals surface area contributed by atoms with Gasteiger partial charge in [0.2, 0.25) is 5.91 Å². The van der Waals surface area contributed by atoms with Crippen LogP contribution >= 0.6 is 12.4 Å². The lowest BCUT2D eigenvalue weighted by Crippen LogP contribution is -2.52. The largest absolute Gasteiger partial charge is 0.353 e. The summed E-state index contributed by atoms with van der Waals surface area (Å²) in [6.07, 6.45) is 2.30. The van der Waals surface area contributed by atoms with Crippen LogP contribution in [-0.4, -0.2) is 30.4 Å². The standard InChI is InChI=1S/C17H25N3O2.ClH/c1-11(2)15(17(22)19-10-14(18)12-8-9-12)20-16(21)13-6-4-3-5-7-13;/h3-7,11-12,14-15H,8-10,18H2,1-2H3,(H,19,22)(H,20,21);1H. The maximum atomic E-state index is 12.3. The first-order valence-corrected chi connectivity index (χ1v) is 7.88. The fourth-order valence-electron chi connectivity index (χ4n) is 2.37. The molecule has 1 fully saturated rings. The first-order chi connectivity index (χ1) is 10.5. The third-order valence-electron chi connectivity index (χ3n) is 4.01. The van der Waals surface area contributed by atoms with Crippen molar-refractivity contribution in [2.75, 3.05) is 6.54 Å². The summed E-state index contributed by atoms with van der Waals surface area (Å²) in [4.78, 5) is 24.5. The number of benzene rings is 1. The summed E-state index contributed by atoms with van der Waals surface area (Å²) < 4.78 is 0. The van der Waals surface area contributed by atoms with Gasteiger partial charge in [-0.15, -0.1) is 12.4 Å². The Morgan fingerprint density at radius 3 is 2.35 bits per heavy atom. The molecule has 0 heterocycles. The summed E-state index contributed by atoms with van der Waals surface area (Å²) in [5.74, 6) is 0.137. The lowest BCUT2D eigenvalue weighted by molar-refractivity contribution is -0.124. The SMILES string of the molecule is CC(C)C(NC(=O)c1ccccc1)C(=O)NCC(N)C1CC1.Cl. The van der Waals surface area contributed by atoms with Crippen LogP contribution in [0.2, 0.25) is 0 Å². The highest BCUT2D eigenvalue weighted by atomic mass is 35.5. The Hall–Kier alpha value is -1.59. The molecule has 0 spiro atoms. The minimum absolute atomic E-state index is 0. The van der Waals surface area contributed by atoms with Crippen LogP contribution in [-0.2, 0) is 4.79 Å². The van der Waals surface area contributed by atoms with Crippen molar-refractivity contribution in [1.29, 1.82) is 0 Å². The lowest BCUT2D eigenvalue weighted by Gasteiger charge is -2.22. The Labute approximate surface area is 143 Å². The molecule has 2 atom stereocenters. The van der Waals surface area contributed by atoms with Gasteiger partial charge in [-0.3, -0.25) is 9.59 Å². The number of nitrogens with one attached hydrogen (secondary N) is 2. The van der Waals surface area contributed by atoms with Gasteiger partial charge in [-0.25, -0.2) is 0 Å². The molecule has 5 nitrogen and oxygen atoms in total. The Kier molecular flexibility index (Phi) is 7.52. The van der Waals surface area contributed by atoms with Crippen LogP contribution < -0.4 is 16.4 Å². The summed E-state index contributed by atoms with van der Waals surface area (Å²) in [5, 5.41) is 5.67. The number of nitrogens with two attached hydrogens (primary N) is 1. The quantitative estimate of drug-likeness (QED) is 0.707. The topological polar surface area (TPSA) is 84.2 Å². The van der Waals surface area contributed by atoms with E-state index in [1.54, 1.807) is 24.3 Å². The second kappa shape index (κ2) is 8.89. The van der Waals surface area contributed by atoms with E-state index < -0.39 is 6.04 Å². The molecule has 0 saturated heterocycles. The summed E-state index contributed by atoms with van der Waals surface area (Å²) in [7, 11) is 0. The van der Waals surface area contributed by atoms with Crippen LogP contribution in [0.25, 0.3) is 0 Å². The minimum atomic E-state index is -0.556. The van der Waals surface area contributed by atoms with Gasteiger partial charge in [0.25, 0.3) is 5.91 Å². The van der Waals surface area contributed by atoms with Crippen LogP contribution in [0.3, 0.4) is 0 Å². The summed E-state index contributed by atoms with van der Waals surface area (Å²) in [6, 6.07) is 8.37. The maximum absolute atomic E-state index is 12.3. The van der Waals surface area contributed by atoms with E-state index >= 15 is 0 Å². The van der Waals surface area contributed by atoms with Gasteiger partial charge in [0.05, 0.1) is 0 Å². The van der Waals surface area contributed by atoms with E-state index in [0.29, 0.717) is 18.0 Å². The molecule has 2 unspecified atom stereocenters. The molecular formula is C17H26ClN3O2. The number of carbonyl (C=O) groups is 2. The van der Waals surface area contributed by atoms with Crippen LogP contribution in [0.15, 0.2) is 30.3 Å². The predicted molar refractivity (Wildman–Crippen MR) is 93.5 cm³/mol. The molecule has 1 aromatic rings. The van der Waals surface area contributed by atoms with Crippen LogP contribution in [0.5, 0.6) is 0 Å². The van der Waals surface area contributed by atoms with Gasteiger partial charge in [-0.2, -0.15) is 0 Å². The normalized spacial score (nSPS) is 16.2. The van der Waals surface area contributed by atoms with Gasteiger partial charge >= 0.3 is 0 Å². The highest BCUT2D eigenvalue weighted by Crippen LogP contribution is 2.31. The molecule has 2 amide bonds. The first-order valence-electron chi connectivity index (χ1n) is 7.88. The van der Waals surface area contributed by atoms with Gasteiger partial charge in [-0.1, -0.05) is 32.0 Å². The number of rotatable bonds is 7. The van der Waals surface area contributed by atoms with Crippen molar-refractivity contribution >= 4 is 24.2 Å². The van der Waals surface area contributed by atoms with E-state index in [4.69, 9.17) is 5.73 Å². The van der Waals surface area contributed by atoms with Gasteiger partial charge in [0.15, 0.2) is 0 Å². The van der Waals surface area contributed by atoms with Gasteiger partial charge in [0, 0.05) is 18.2 Å². The summed E-state index contributed by atoms with van der Waals surface area (Å²) in [5.41, 5.74) is 6.55. The zero-order valence-corrected chi connectivity index (χ0v) is 14.4. The minimum Gasteiger partial charge on any atom is -0.353 e. The third-order valence-corrected chi connectivity index (χ3v) is 4.01. The molecular weight excluding hydrogens is 314 g/mol. The molecule has 128 valence electrons. The molecule has 1 aromatic carbocycles. The Bertz CT molecular complexity index is 518. The van der Waals surface area contributed by atoms with Crippen LogP contribution in [0.4, 0.5) is 0 Å². The zero-order valence-electron chi connectivity index (χ0n) is 13.6. The first kappa shape index (κ1) is 19.5. The average Bonchev–Trinajstić information content (AvgIpc) is 3.35. The van der Waals surface area contributed by atoms with Crippen molar-refractivity contribution < 1.29 is 9.59 Å². The molecule has 1 aliphatic carbocycles. The van der Waals surface area contributed by atoms with E-state index in [1.165, 1.54) is 0 Å². The number of carbonyl (C=O) groups excluding carboxylic acids is 2. The summed E-state index contributed by atoms with van der Waals surface area (Å²) in [6.45, 7) is 4.29. The van der Waals surface area contributed by atoms with Gasteiger partial charge in [0.1, 0.15) is 6.04 Å². The fraction of sp³-hybridized carbons (Fsp3) is 0.529. The Balaban J connectivity index is 0.00000264. The van der Waals surface area contributed by atoms with Crippen LogP contribution in [0, 0.1) is 11.8 Å². The molecule has 0 aromatic heterocycles. The molecule has 1 aliphatic rings. The monoisotopic (exact) mass is 339 g/mol. The molecule has 2 rings (SSSR count). The molecule has 1 saturated carbocycles. The van der Waals surface area contributed by atoms with Crippen molar-refractivity contribution in [2.24, 2.45) is 17.6 Å². The molecule has 6 heteroatoms. The maximum Gasteiger partial charge on any atom is 0.251 e. The number of halogens is 1. The van der Waals surface area contributed by atoms with Crippen molar-refractivity contribution in [1.82, 2.24) is 10.6 Å². The van der Waals surface area contributed by atoms with Crippen molar-refractivity contribution in [3.05, 3.63) is 35.9 Å². The molecule has 4 N–H and O–H groups in total.